The minimum atomic E-state index is -4.45. The van der Waals surface area contributed by atoms with E-state index in [0.717, 1.165) is 10.6 Å². The largest absolute Gasteiger partial charge is 0.418 e. The van der Waals surface area contributed by atoms with Crippen molar-refractivity contribution < 1.29 is 13.2 Å². The van der Waals surface area contributed by atoms with Crippen molar-refractivity contribution in [3.8, 4) is 0 Å². The van der Waals surface area contributed by atoms with Gasteiger partial charge in [0, 0.05) is 6.54 Å². The Bertz CT molecular complexity index is 595. The molecule has 0 spiro atoms. The molecule has 0 saturated carbocycles. The highest BCUT2D eigenvalue weighted by Crippen LogP contribution is 2.33. The zero-order chi connectivity index (χ0) is 12.6. The molecule has 2 rings (SSSR count). The van der Waals surface area contributed by atoms with E-state index in [9.17, 15) is 18.0 Å². The molecule has 1 aromatic carbocycles. The molecule has 17 heavy (non-hydrogen) atoms. The van der Waals surface area contributed by atoms with Gasteiger partial charge in [-0.3, -0.25) is 4.57 Å². The molecular weight excluding hydrogens is 233 g/mol. The van der Waals surface area contributed by atoms with Crippen LogP contribution in [0.5, 0.6) is 0 Å². The number of rotatable bonds is 2. The highest BCUT2D eigenvalue weighted by molar-refractivity contribution is 5.79. The number of nitrogens with one attached hydrogen (secondary N) is 1. The van der Waals surface area contributed by atoms with Gasteiger partial charge in [0.05, 0.1) is 16.6 Å². The van der Waals surface area contributed by atoms with E-state index in [1.165, 1.54) is 12.1 Å². The second kappa shape index (κ2) is 3.94. The number of aryl methyl sites for hydroxylation is 1. The summed E-state index contributed by atoms with van der Waals surface area (Å²) in [5, 5.41) is 0. The maximum absolute atomic E-state index is 12.8. The Balaban J connectivity index is 2.81. The number of aromatic amines is 1. The monoisotopic (exact) mass is 244 g/mol. The van der Waals surface area contributed by atoms with Crippen LogP contribution < -0.4 is 5.69 Å². The number of imidazole rings is 1. The molecule has 6 heteroatoms. The molecule has 0 aliphatic rings. The fourth-order valence-corrected chi connectivity index (χ4v) is 1.89. The third-order valence-electron chi connectivity index (χ3n) is 2.55. The summed E-state index contributed by atoms with van der Waals surface area (Å²) in [5.41, 5.74) is -1.12. The quantitative estimate of drug-likeness (QED) is 0.866. The number of hydrogen-bond donors (Lipinski definition) is 1. The molecule has 92 valence electrons. The van der Waals surface area contributed by atoms with Gasteiger partial charge in [-0.1, -0.05) is 13.0 Å². The molecule has 1 aromatic heterocycles. The lowest BCUT2D eigenvalue weighted by Gasteiger charge is -2.10. The van der Waals surface area contributed by atoms with Gasteiger partial charge < -0.3 is 4.98 Å². The van der Waals surface area contributed by atoms with Crippen molar-refractivity contribution in [3.05, 3.63) is 34.2 Å². The molecule has 1 N–H and O–H groups in total. The average Bonchev–Trinajstić information content (AvgIpc) is 2.54. The maximum Gasteiger partial charge on any atom is 0.418 e. The van der Waals surface area contributed by atoms with Gasteiger partial charge in [-0.15, -0.1) is 0 Å². The molecule has 1 heterocycles. The van der Waals surface area contributed by atoms with Crippen LogP contribution in [0.25, 0.3) is 11.0 Å². The highest BCUT2D eigenvalue weighted by Gasteiger charge is 2.34. The van der Waals surface area contributed by atoms with E-state index >= 15 is 0 Å². The van der Waals surface area contributed by atoms with Crippen molar-refractivity contribution in [1.29, 1.82) is 0 Å². The van der Waals surface area contributed by atoms with Gasteiger partial charge in [-0.25, -0.2) is 4.79 Å². The topological polar surface area (TPSA) is 37.8 Å². The van der Waals surface area contributed by atoms with Crippen LogP contribution in [-0.4, -0.2) is 9.55 Å². The minimum Gasteiger partial charge on any atom is -0.306 e. The van der Waals surface area contributed by atoms with Gasteiger partial charge in [0.25, 0.3) is 0 Å². The normalized spacial score (nSPS) is 12.2. The van der Waals surface area contributed by atoms with Gasteiger partial charge >= 0.3 is 11.9 Å². The summed E-state index contributed by atoms with van der Waals surface area (Å²) in [7, 11) is 0. The first kappa shape index (κ1) is 11.8. The van der Waals surface area contributed by atoms with E-state index in [-0.39, 0.29) is 17.6 Å². The lowest BCUT2D eigenvalue weighted by molar-refractivity contribution is -0.136. The van der Waals surface area contributed by atoms with Gasteiger partial charge in [0.2, 0.25) is 0 Å². The Labute approximate surface area is 94.9 Å². The van der Waals surface area contributed by atoms with E-state index in [1.807, 2.05) is 6.92 Å². The Kier molecular flexibility index (Phi) is 2.73. The minimum absolute atomic E-state index is 0.0631. The van der Waals surface area contributed by atoms with Crippen molar-refractivity contribution >= 4 is 11.0 Å². The van der Waals surface area contributed by atoms with E-state index in [1.54, 1.807) is 0 Å². The Morgan fingerprint density at radius 2 is 2.06 bits per heavy atom. The third-order valence-corrected chi connectivity index (χ3v) is 2.55. The first-order chi connectivity index (χ1) is 7.95. The molecule has 0 aliphatic heterocycles. The van der Waals surface area contributed by atoms with Crippen molar-refractivity contribution in [2.75, 3.05) is 0 Å². The third kappa shape index (κ3) is 1.94. The summed E-state index contributed by atoms with van der Waals surface area (Å²) in [6.45, 7) is 2.08. The van der Waals surface area contributed by atoms with E-state index in [2.05, 4.69) is 4.98 Å². The molecule has 0 atom stereocenters. The molecule has 0 aliphatic carbocycles. The van der Waals surface area contributed by atoms with Crippen molar-refractivity contribution in [1.82, 2.24) is 9.55 Å². The first-order valence-electron chi connectivity index (χ1n) is 5.24. The number of nitrogens with zero attached hydrogens (tertiary/aromatic N) is 1. The summed E-state index contributed by atoms with van der Waals surface area (Å²) in [6, 6.07) is 3.75. The number of aromatic nitrogens is 2. The Hall–Kier alpha value is -1.72. The van der Waals surface area contributed by atoms with Crippen molar-refractivity contribution in [2.24, 2.45) is 0 Å². The lowest BCUT2D eigenvalue weighted by Crippen LogP contribution is -2.18. The highest BCUT2D eigenvalue weighted by atomic mass is 19.4. The van der Waals surface area contributed by atoms with Crippen LogP contribution in [0, 0.1) is 0 Å². The molecule has 0 fully saturated rings. The zero-order valence-electron chi connectivity index (χ0n) is 9.14. The van der Waals surface area contributed by atoms with Crippen LogP contribution in [-0.2, 0) is 12.7 Å². The maximum atomic E-state index is 12.8. The smallest absolute Gasteiger partial charge is 0.306 e. The average molecular weight is 244 g/mol. The number of hydrogen-bond acceptors (Lipinski definition) is 1. The Morgan fingerprint density at radius 3 is 2.65 bits per heavy atom. The predicted octanol–water partition coefficient (Wildman–Crippen LogP) is 2.76. The fraction of sp³-hybridized carbons (Fsp3) is 0.364. The lowest BCUT2D eigenvalue weighted by atomic mass is 10.1. The summed E-state index contributed by atoms with van der Waals surface area (Å²) in [5.74, 6) is 0. The molecule has 0 radical (unpaired) electrons. The van der Waals surface area contributed by atoms with Crippen LogP contribution in [0.3, 0.4) is 0 Å². The second-order valence-electron chi connectivity index (χ2n) is 3.78. The number of benzene rings is 1. The van der Waals surface area contributed by atoms with Gasteiger partial charge in [0.1, 0.15) is 0 Å². The van der Waals surface area contributed by atoms with Crippen LogP contribution in [0.15, 0.2) is 23.0 Å². The number of halogens is 3. The molecule has 3 nitrogen and oxygen atoms in total. The SMILES string of the molecule is CCCn1c(=O)[nH]c2cccc(C(F)(F)F)c21. The summed E-state index contributed by atoms with van der Waals surface area (Å²) < 4.78 is 39.6. The van der Waals surface area contributed by atoms with Gasteiger partial charge in [-0.2, -0.15) is 13.2 Å². The summed E-state index contributed by atoms with van der Waals surface area (Å²) in [6.07, 6.45) is -3.86. The molecule has 0 saturated heterocycles. The van der Waals surface area contributed by atoms with Crippen LogP contribution >= 0.6 is 0 Å². The zero-order valence-corrected chi connectivity index (χ0v) is 9.14. The van der Waals surface area contributed by atoms with Crippen molar-refractivity contribution in [2.45, 2.75) is 26.1 Å². The van der Waals surface area contributed by atoms with Gasteiger partial charge in [-0.05, 0) is 18.6 Å². The standard InChI is InChI=1S/C11H11F3N2O/c1-2-6-16-9-7(11(12,13)14)4-3-5-8(9)15-10(16)17/h3-5H,2,6H2,1H3,(H,15,17). The van der Waals surface area contributed by atoms with E-state index in [4.69, 9.17) is 0 Å². The molecule has 0 bridgehead atoms. The second-order valence-corrected chi connectivity index (χ2v) is 3.78. The van der Waals surface area contributed by atoms with E-state index < -0.39 is 17.4 Å². The fourth-order valence-electron chi connectivity index (χ4n) is 1.89. The van der Waals surface area contributed by atoms with Crippen LogP contribution in [0.4, 0.5) is 13.2 Å². The number of fused-ring (bicyclic) bond motifs is 1. The number of alkyl halides is 3. The predicted molar refractivity (Wildman–Crippen MR) is 57.9 cm³/mol. The van der Waals surface area contributed by atoms with Crippen LogP contribution in [0.1, 0.15) is 18.9 Å². The van der Waals surface area contributed by atoms with Crippen molar-refractivity contribution in [3.63, 3.8) is 0 Å². The molecule has 0 amide bonds. The first-order valence-corrected chi connectivity index (χ1v) is 5.24. The number of para-hydroxylation sites is 1. The molecule has 2 aromatic rings. The summed E-state index contributed by atoms with van der Waals surface area (Å²) in [4.78, 5) is 14.0. The Morgan fingerprint density at radius 1 is 1.35 bits per heavy atom. The van der Waals surface area contributed by atoms with E-state index in [0.29, 0.717) is 6.42 Å². The van der Waals surface area contributed by atoms with Gasteiger partial charge in [0.15, 0.2) is 0 Å². The molecule has 0 unspecified atom stereocenters. The van der Waals surface area contributed by atoms with Crippen LogP contribution in [0.2, 0.25) is 0 Å². The number of H-pyrrole nitrogens is 1. The molecular formula is C11H11F3N2O. The summed E-state index contributed by atoms with van der Waals surface area (Å²) >= 11 is 0.